The molecule has 0 aliphatic heterocycles. The smallest absolute Gasteiger partial charge is 0.0162 e. The Bertz CT molecular complexity index is 2190. The average Bonchev–Trinajstić information content (AvgIpc) is 3.35. The second-order valence-corrected chi connectivity index (χ2v) is 12.9. The lowest BCUT2D eigenvalue weighted by atomic mass is 9.72. The van der Waals surface area contributed by atoms with E-state index in [1.807, 2.05) is 0 Å². The van der Waals surface area contributed by atoms with Crippen molar-refractivity contribution in [1.29, 1.82) is 0 Å². The molecule has 40 heavy (non-hydrogen) atoms. The predicted octanol–water partition coefficient (Wildman–Crippen LogP) is 10.9. The van der Waals surface area contributed by atoms with Gasteiger partial charge >= 0.3 is 0 Å². The van der Waals surface area contributed by atoms with Gasteiger partial charge in [-0.1, -0.05) is 131 Å². The van der Waals surface area contributed by atoms with Crippen LogP contribution in [-0.4, -0.2) is 0 Å². The van der Waals surface area contributed by atoms with E-state index in [0.29, 0.717) is 0 Å². The fourth-order valence-electron chi connectivity index (χ4n) is 8.35. The van der Waals surface area contributed by atoms with Crippen LogP contribution in [0.5, 0.6) is 0 Å². The number of benzene rings is 7. The van der Waals surface area contributed by atoms with Crippen molar-refractivity contribution in [1.82, 2.24) is 0 Å². The second-order valence-electron chi connectivity index (χ2n) is 12.9. The van der Waals surface area contributed by atoms with Crippen molar-refractivity contribution in [2.45, 2.75) is 38.5 Å². The normalized spacial score (nSPS) is 15.9. The molecule has 9 rings (SSSR count). The summed E-state index contributed by atoms with van der Waals surface area (Å²) in [5.74, 6) is 0. The van der Waals surface area contributed by atoms with E-state index in [-0.39, 0.29) is 10.8 Å². The van der Waals surface area contributed by atoms with Gasteiger partial charge in [-0.05, 0) is 94.0 Å². The van der Waals surface area contributed by atoms with E-state index in [2.05, 4.69) is 137 Å². The molecule has 0 saturated heterocycles. The SMILES string of the molecule is CC1(C)c2ccccc2-c2ccc3c(c21)C(C)(C)c1ccc(-c2ccc4ccc5cccc6ccc2c4c56)cc1-3. The molecule has 0 amide bonds. The first-order chi connectivity index (χ1) is 19.4. The lowest BCUT2D eigenvalue weighted by Gasteiger charge is -2.30. The summed E-state index contributed by atoms with van der Waals surface area (Å²) < 4.78 is 0. The van der Waals surface area contributed by atoms with Gasteiger partial charge < -0.3 is 0 Å². The first-order valence-electron chi connectivity index (χ1n) is 14.5. The molecule has 0 nitrogen and oxygen atoms in total. The minimum Gasteiger partial charge on any atom is -0.0619 e. The summed E-state index contributed by atoms with van der Waals surface area (Å²) in [7, 11) is 0. The van der Waals surface area contributed by atoms with Gasteiger partial charge in [0.1, 0.15) is 0 Å². The fourth-order valence-corrected chi connectivity index (χ4v) is 8.35. The van der Waals surface area contributed by atoms with Crippen LogP contribution >= 0.6 is 0 Å². The molecule has 0 saturated carbocycles. The summed E-state index contributed by atoms with van der Waals surface area (Å²) in [6.07, 6.45) is 0. The van der Waals surface area contributed by atoms with Crippen molar-refractivity contribution in [2.75, 3.05) is 0 Å². The van der Waals surface area contributed by atoms with Crippen molar-refractivity contribution in [3.8, 4) is 33.4 Å². The van der Waals surface area contributed by atoms with Crippen molar-refractivity contribution < 1.29 is 0 Å². The van der Waals surface area contributed by atoms with Crippen LogP contribution in [0.15, 0.2) is 109 Å². The van der Waals surface area contributed by atoms with Gasteiger partial charge in [-0.15, -0.1) is 0 Å². The van der Waals surface area contributed by atoms with Gasteiger partial charge in [0.2, 0.25) is 0 Å². The van der Waals surface area contributed by atoms with Gasteiger partial charge in [-0.3, -0.25) is 0 Å². The zero-order valence-corrected chi connectivity index (χ0v) is 23.4. The third-order valence-corrected chi connectivity index (χ3v) is 10.2. The lowest BCUT2D eigenvalue weighted by molar-refractivity contribution is 0.601. The second kappa shape index (κ2) is 7.20. The Morgan fingerprint density at radius 3 is 1.73 bits per heavy atom. The van der Waals surface area contributed by atoms with Crippen LogP contribution in [0.1, 0.15) is 49.9 Å². The predicted molar refractivity (Wildman–Crippen MR) is 171 cm³/mol. The summed E-state index contributed by atoms with van der Waals surface area (Å²) in [5.41, 5.74) is 14.0. The number of rotatable bonds is 1. The van der Waals surface area contributed by atoms with Crippen LogP contribution in [0, 0.1) is 0 Å². The van der Waals surface area contributed by atoms with E-state index in [0.717, 1.165) is 0 Å². The van der Waals surface area contributed by atoms with E-state index in [1.165, 1.54) is 88.0 Å². The van der Waals surface area contributed by atoms with Crippen molar-refractivity contribution in [3.05, 3.63) is 131 Å². The molecular formula is C40H30. The molecule has 7 aromatic carbocycles. The average molecular weight is 511 g/mol. The summed E-state index contributed by atoms with van der Waals surface area (Å²) in [5, 5.41) is 8.04. The summed E-state index contributed by atoms with van der Waals surface area (Å²) >= 11 is 0. The van der Waals surface area contributed by atoms with Gasteiger partial charge in [-0.2, -0.15) is 0 Å². The molecule has 2 aliphatic rings. The van der Waals surface area contributed by atoms with Gasteiger partial charge in [-0.25, -0.2) is 0 Å². The van der Waals surface area contributed by atoms with Crippen LogP contribution in [-0.2, 0) is 10.8 Å². The molecule has 0 bridgehead atoms. The Labute approximate surface area is 235 Å². The Morgan fingerprint density at radius 1 is 0.400 bits per heavy atom. The van der Waals surface area contributed by atoms with Crippen molar-refractivity contribution in [2.24, 2.45) is 0 Å². The lowest BCUT2D eigenvalue weighted by Crippen LogP contribution is -2.24. The first kappa shape index (κ1) is 22.4. The Morgan fingerprint density at radius 2 is 0.975 bits per heavy atom. The summed E-state index contributed by atoms with van der Waals surface area (Å²) in [4.78, 5) is 0. The monoisotopic (exact) mass is 510 g/mol. The molecule has 0 N–H and O–H groups in total. The van der Waals surface area contributed by atoms with E-state index in [9.17, 15) is 0 Å². The minimum absolute atomic E-state index is 0.0223. The maximum atomic E-state index is 2.47. The van der Waals surface area contributed by atoms with Crippen molar-refractivity contribution >= 4 is 32.3 Å². The largest absolute Gasteiger partial charge is 0.0619 e. The molecule has 0 radical (unpaired) electrons. The van der Waals surface area contributed by atoms with Crippen molar-refractivity contribution in [3.63, 3.8) is 0 Å². The Hall–Kier alpha value is -4.42. The van der Waals surface area contributed by atoms with E-state index < -0.39 is 0 Å². The first-order valence-corrected chi connectivity index (χ1v) is 14.5. The molecule has 0 heterocycles. The Kier molecular flexibility index (Phi) is 4.03. The Balaban J connectivity index is 1.30. The zero-order valence-electron chi connectivity index (χ0n) is 23.4. The molecule has 0 unspecified atom stereocenters. The van der Waals surface area contributed by atoms with Crippen LogP contribution in [0.2, 0.25) is 0 Å². The van der Waals surface area contributed by atoms with Gasteiger partial charge in [0, 0.05) is 10.8 Å². The maximum Gasteiger partial charge on any atom is 0.0162 e. The zero-order chi connectivity index (χ0) is 27.0. The highest BCUT2D eigenvalue weighted by molar-refractivity contribution is 6.25. The number of hydrogen-bond acceptors (Lipinski definition) is 0. The molecule has 0 spiro atoms. The van der Waals surface area contributed by atoms with Crippen LogP contribution in [0.3, 0.4) is 0 Å². The molecule has 2 aliphatic carbocycles. The third kappa shape index (κ3) is 2.58. The molecule has 0 aromatic heterocycles. The highest BCUT2D eigenvalue weighted by Gasteiger charge is 2.45. The summed E-state index contributed by atoms with van der Waals surface area (Å²) in [6.45, 7) is 9.67. The number of fused-ring (bicyclic) bond motifs is 7. The van der Waals surface area contributed by atoms with Gasteiger partial charge in [0.15, 0.2) is 0 Å². The molecule has 190 valence electrons. The van der Waals surface area contributed by atoms with Crippen LogP contribution in [0.4, 0.5) is 0 Å². The molecule has 0 fully saturated rings. The van der Waals surface area contributed by atoms with Crippen LogP contribution < -0.4 is 0 Å². The fraction of sp³-hybridized carbons (Fsp3) is 0.150. The third-order valence-electron chi connectivity index (χ3n) is 10.2. The minimum atomic E-state index is -0.0590. The molecule has 7 aromatic rings. The highest BCUT2D eigenvalue weighted by atomic mass is 14.5. The van der Waals surface area contributed by atoms with E-state index in [4.69, 9.17) is 0 Å². The van der Waals surface area contributed by atoms with Gasteiger partial charge in [0.25, 0.3) is 0 Å². The topological polar surface area (TPSA) is 0 Å². The van der Waals surface area contributed by atoms with Crippen LogP contribution in [0.25, 0.3) is 65.7 Å². The van der Waals surface area contributed by atoms with E-state index in [1.54, 1.807) is 0 Å². The quantitative estimate of drug-likeness (QED) is 0.193. The molecule has 0 atom stereocenters. The standard InChI is InChI=1S/C40H30/c1-39(2)33-11-6-5-10-28(33)30-19-20-31-32-22-26(16-21-34(32)40(3,4)38(31)37(30)39)27-17-14-25-13-12-23-8-7-9-24-15-18-29(27)36(25)35(23)24/h5-22H,1-4H3. The van der Waals surface area contributed by atoms with E-state index >= 15 is 0 Å². The molecule has 0 heteroatoms. The molecular weight excluding hydrogens is 480 g/mol. The van der Waals surface area contributed by atoms with Gasteiger partial charge in [0.05, 0.1) is 0 Å². The summed E-state index contributed by atoms with van der Waals surface area (Å²) in [6, 6.07) is 41.4. The number of hydrogen-bond donors (Lipinski definition) is 0. The highest BCUT2D eigenvalue weighted by Crippen LogP contribution is 2.59. The maximum absolute atomic E-state index is 2.47.